The second kappa shape index (κ2) is 7.17. The smallest absolute Gasteiger partial charge is 0.353 e. The molecule has 0 spiro atoms. The van der Waals surface area contributed by atoms with Crippen LogP contribution in [0.3, 0.4) is 0 Å². The Hall–Kier alpha value is -2.22. The van der Waals surface area contributed by atoms with Crippen molar-refractivity contribution in [1.29, 1.82) is 0 Å². The maximum Gasteiger partial charge on any atom is 0.353 e. The molecule has 22 heavy (non-hydrogen) atoms. The maximum absolute atomic E-state index is 11.4. The van der Waals surface area contributed by atoms with Gasteiger partial charge in [0, 0.05) is 16.2 Å². The third-order valence-corrected chi connectivity index (χ3v) is 3.64. The van der Waals surface area contributed by atoms with Gasteiger partial charge in [-0.15, -0.1) is 0 Å². The van der Waals surface area contributed by atoms with Gasteiger partial charge in [0.2, 0.25) is 11.6 Å². The van der Waals surface area contributed by atoms with Crippen LogP contribution in [0, 0.1) is 10.1 Å². The van der Waals surface area contributed by atoms with Gasteiger partial charge >= 0.3 is 5.69 Å². The molecule has 0 fully saturated rings. The van der Waals surface area contributed by atoms with Crippen molar-refractivity contribution >= 4 is 38.9 Å². The number of hydrogen-bond acceptors (Lipinski definition) is 6. The topological polar surface area (TPSA) is 93.0 Å². The van der Waals surface area contributed by atoms with E-state index in [4.69, 9.17) is 0 Å². The molecule has 1 unspecified atom stereocenters. The highest BCUT2D eigenvalue weighted by atomic mass is 79.9. The molecule has 1 aromatic heterocycles. The lowest BCUT2D eigenvalue weighted by Crippen LogP contribution is -2.16. The van der Waals surface area contributed by atoms with Crippen molar-refractivity contribution < 1.29 is 4.92 Å². The van der Waals surface area contributed by atoms with Gasteiger partial charge in [0.15, 0.2) is 0 Å². The van der Waals surface area contributed by atoms with Crippen LogP contribution in [0.4, 0.5) is 23.0 Å². The molecule has 116 valence electrons. The first kappa shape index (κ1) is 16.2. The quantitative estimate of drug-likeness (QED) is 0.591. The van der Waals surface area contributed by atoms with Crippen LogP contribution in [0.1, 0.15) is 20.3 Å². The molecule has 1 heterocycles. The number of nitrogens with one attached hydrogen (secondary N) is 2. The summed E-state index contributed by atoms with van der Waals surface area (Å²) in [5.41, 5.74) is 0.546. The summed E-state index contributed by atoms with van der Waals surface area (Å²) >= 11 is 3.34. The van der Waals surface area contributed by atoms with Gasteiger partial charge in [-0.1, -0.05) is 22.9 Å². The molecule has 2 rings (SSSR count). The molecule has 8 heteroatoms. The summed E-state index contributed by atoms with van der Waals surface area (Å²) in [6.07, 6.45) is 2.13. The fourth-order valence-corrected chi connectivity index (χ4v) is 2.02. The Morgan fingerprint density at radius 1 is 1.27 bits per heavy atom. The van der Waals surface area contributed by atoms with E-state index in [2.05, 4.69) is 36.5 Å². The minimum atomic E-state index is -0.480. The molecule has 7 nitrogen and oxygen atoms in total. The number of rotatable bonds is 6. The molecule has 2 aromatic rings. The summed E-state index contributed by atoms with van der Waals surface area (Å²) in [6, 6.07) is 7.37. The van der Waals surface area contributed by atoms with Crippen molar-refractivity contribution in [2.24, 2.45) is 0 Å². The van der Waals surface area contributed by atoms with E-state index in [-0.39, 0.29) is 23.4 Å². The number of aromatic nitrogens is 2. The average Bonchev–Trinajstić information content (AvgIpc) is 2.49. The van der Waals surface area contributed by atoms with Gasteiger partial charge in [-0.2, -0.15) is 0 Å². The number of nitrogens with zero attached hydrogens (tertiary/aromatic N) is 3. The molecule has 2 N–H and O–H groups in total. The number of benzene rings is 1. The normalized spacial score (nSPS) is 11.8. The molecular weight excluding hydrogens is 350 g/mol. The lowest BCUT2D eigenvalue weighted by Gasteiger charge is -2.13. The van der Waals surface area contributed by atoms with Crippen LogP contribution >= 0.6 is 15.9 Å². The van der Waals surface area contributed by atoms with E-state index in [1.54, 1.807) is 12.1 Å². The second-order valence-electron chi connectivity index (χ2n) is 4.76. The SMILES string of the molecule is CCC(C)Nc1ncnc(Nc2ccc(Br)cc2)c1[N+](=O)[O-]. The van der Waals surface area contributed by atoms with Gasteiger partial charge in [0.1, 0.15) is 6.33 Å². The lowest BCUT2D eigenvalue weighted by atomic mass is 10.2. The van der Waals surface area contributed by atoms with E-state index in [0.29, 0.717) is 5.69 Å². The summed E-state index contributed by atoms with van der Waals surface area (Å²) in [7, 11) is 0. The van der Waals surface area contributed by atoms with Gasteiger partial charge in [-0.25, -0.2) is 9.97 Å². The predicted molar refractivity (Wildman–Crippen MR) is 89.5 cm³/mol. The fraction of sp³-hybridized carbons (Fsp3) is 0.286. The fourth-order valence-electron chi connectivity index (χ4n) is 1.75. The highest BCUT2D eigenvalue weighted by molar-refractivity contribution is 9.10. The standard InChI is InChI=1S/C14H16BrN5O2/c1-3-9(2)18-13-12(20(21)22)14(17-8-16-13)19-11-6-4-10(15)5-7-11/h4-9H,3H2,1-2H3,(H2,16,17,18,19). The molecule has 0 aliphatic carbocycles. The van der Waals surface area contributed by atoms with E-state index >= 15 is 0 Å². The van der Waals surface area contributed by atoms with Crippen molar-refractivity contribution in [1.82, 2.24) is 9.97 Å². The van der Waals surface area contributed by atoms with Gasteiger partial charge in [0.25, 0.3) is 0 Å². The summed E-state index contributed by atoms with van der Waals surface area (Å²) in [6.45, 7) is 3.93. The first-order valence-electron chi connectivity index (χ1n) is 6.79. The summed E-state index contributed by atoms with van der Waals surface area (Å²) in [5, 5.41) is 17.4. The average molecular weight is 366 g/mol. The molecule has 0 amide bonds. The zero-order valence-corrected chi connectivity index (χ0v) is 13.8. The van der Waals surface area contributed by atoms with Crippen LogP contribution in [0.15, 0.2) is 35.1 Å². The first-order valence-corrected chi connectivity index (χ1v) is 7.59. The Balaban J connectivity index is 2.36. The summed E-state index contributed by atoms with van der Waals surface area (Å²) in [4.78, 5) is 18.9. The molecule has 0 radical (unpaired) electrons. The van der Waals surface area contributed by atoms with Gasteiger partial charge in [-0.05, 0) is 37.6 Å². The van der Waals surface area contributed by atoms with Crippen molar-refractivity contribution in [2.45, 2.75) is 26.3 Å². The van der Waals surface area contributed by atoms with E-state index in [9.17, 15) is 10.1 Å². The number of hydrogen-bond donors (Lipinski definition) is 2. The van der Waals surface area contributed by atoms with E-state index in [1.165, 1.54) is 6.33 Å². The van der Waals surface area contributed by atoms with Crippen molar-refractivity contribution in [3.05, 3.63) is 45.2 Å². The van der Waals surface area contributed by atoms with E-state index in [0.717, 1.165) is 10.9 Å². The van der Waals surface area contributed by atoms with Crippen LogP contribution in [-0.2, 0) is 0 Å². The zero-order chi connectivity index (χ0) is 16.1. The highest BCUT2D eigenvalue weighted by Crippen LogP contribution is 2.31. The summed E-state index contributed by atoms with van der Waals surface area (Å²) in [5.74, 6) is 0.377. The lowest BCUT2D eigenvalue weighted by molar-refractivity contribution is -0.383. The van der Waals surface area contributed by atoms with Gasteiger partial charge in [-0.3, -0.25) is 10.1 Å². The molecule has 0 saturated carbocycles. The van der Waals surface area contributed by atoms with Crippen LogP contribution < -0.4 is 10.6 Å². The van der Waals surface area contributed by atoms with Gasteiger partial charge < -0.3 is 10.6 Å². The van der Waals surface area contributed by atoms with Crippen LogP contribution in [0.5, 0.6) is 0 Å². The Morgan fingerprint density at radius 2 is 1.91 bits per heavy atom. The number of anilines is 3. The molecular formula is C14H16BrN5O2. The van der Waals surface area contributed by atoms with Crippen LogP contribution in [0.2, 0.25) is 0 Å². The minimum absolute atomic E-state index is 0.0779. The van der Waals surface area contributed by atoms with E-state index < -0.39 is 4.92 Å². The van der Waals surface area contributed by atoms with Crippen molar-refractivity contribution in [3.8, 4) is 0 Å². The number of nitro groups is 1. The van der Waals surface area contributed by atoms with E-state index in [1.807, 2.05) is 26.0 Å². The Kier molecular flexibility index (Phi) is 5.26. The Labute approximate surface area is 136 Å². The number of halogens is 1. The molecule has 0 aliphatic heterocycles. The Bertz CT molecular complexity index is 663. The maximum atomic E-state index is 11.4. The Morgan fingerprint density at radius 3 is 2.50 bits per heavy atom. The minimum Gasteiger partial charge on any atom is -0.362 e. The molecule has 0 aliphatic rings. The third-order valence-electron chi connectivity index (χ3n) is 3.11. The van der Waals surface area contributed by atoms with Crippen LogP contribution in [-0.4, -0.2) is 20.9 Å². The van der Waals surface area contributed by atoms with Crippen molar-refractivity contribution in [3.63, 3.8) is 0 Å². The molecule has 1 atom stereocenters. The third kappa shape index (κ3) is 3.91. The second-order valence-corrected chi connectivity index (χ2v) is 5.68. The highest BCUT2D eigenvalue weighted by Gasteiger charge is 2.23. The molecule has 0 saturated heterocycles. The van der Waals surface area contributed by atoms with Gasteiger partial charge in [0.05, 0.1) is 4.92 Å². The molecule has 1 aromatic carbocycles. The van der Waals surface area contributed by atoms with Crippen molar-refractivity contribution in [2.75, 3.05) is 10.6 Å². The first-order chi connectivity index (χ1) is 10.5. The van der Waals surface area contributed by atoms with Crippen LogP contribution in [0.25, 0.3) is 0 Å². The zero-order valence-electron chi connectivity index (χ0n) is 12.2. The molecule has 0 bridgehead atoms. The predicted octanol–water partition coefficient (Wildman–Crippen LogP) is 4.10. The largest absolute Gasteiger partial charge is 0.362 e. The summed E-state index contributed by atoms with van der Waals surface area (Å²) < 4.78 is 0.925. The monoisotopic (exact) mass is 365 g/mol.